The minimum absolute atomic E-state index is 0.0305. The lowest BCUT2D eigenvalue weighted by molar-refractivity contribution is -0.118. The molecule has 1 heterocycles. The number of aromatic hydroxyl groups is 1. The van der Waals surface area contributed by atoms with E-state index >= 15 is 0 Å². The molecule has 0 aliphatic carbocycles. The van der Waals surface area contributed by atoms with Gasteiger partial charge in [-0.1, -0.05) is 29.8 Å². The summed E-state index contributed by atoms with van der Waals surface area (Å²) in [7, 11) is 0. The van der Waals surface area contributed by atoms with Crippen LogP contribution in [0.2, 0.25) is 0 Å². The molecule has 0 unspecified atom stereocenters. The van der Waals surface area contributed by atoms with E-state index in [1.807, 2.05) is 49.4 Å². The molecule has 3 rings (SSSR count). The van der Waals surface area contributed by atoms with Gasteiger partial charge in [-0.25, -0.2) is 5.01 Å². The third kappa shape index (κ3) is 2.65. The van der Waals surface area contributed by atoms with Gasteiger partial charge in [0.25, 0.3) is 0 Å². The van der Waals surface area contributed by atoms with E-state index in [-0.39, 0.29) is 11.7 Å². The molecule has 106 valence electrons. The van der Waals surface area contributed by atoms with Crippen LogP contribution in [0.15, 0.2) is 53.6 Å². The summed E-state index contributed by atoms with van der Waals surface area (Å²) in [4.78, 5) is 12.1. The Morgan fingerprint density at radius 2 is 1.86 bits per heavy atom. The molecule has 1 amide bonds. The van der Waals surface area contributed by atoms with Crippen LogP contribution in [0.4, 0.5) is 5.69 Å². The molecule has 1 aliphatic heterocycles. The van der Waals surface area contributed by atoms with Crippen molar-refractivity contribution in [2.45, 2.75) is 19.8 Å². The summed E-state index contributed by atoms with van der Waals surface area (Å²) in [5.74, 6) is 0.166. The second-order valence-corrected chi connectivity index (χ2v) is 5.11. The average molecular weight is 280 g/mol. The van der Waals surface area contributed by atoms with Gasteiger partial charge in [0.15, 0.2) is 0 Å². The first-order valence-electron chi connectivity index (χ1n) is 6.90. The smallest absolute Gasteiger partial charge is 0.247 e. The fourth-order valence-corrected chi connectivity index (χ4v) is 2.40. The molecular weight excluding hydrogens is 264 g/mol. The molecule has 0 fully saturated rings. The van der Waals surface area contributed by atoms with Gasteiger partial charge in [0.05, 0.1) is 11.4 Å². The number of amides is 1. The number of hydrogen-bond acceptors (Lipinski definition) is 3. The lowest BCUT2D eigenvalue weighted by atomic mass is 10.0. The van der Waals surface area contributed by atoms with Crippen LogP contribution < -0.4 is 5.01 Å². The first kappa shape index (κ1) is 13.4. The molecule has 0 saturated carbocycles. The van der Waals surface area contributed by atoms with Crippen molar-refractivity contribution in [2.24, 2.45) is 5.10 Å². The summed E-state index contributed by atoms with van der Waals surface area (Å²) >= 11 is 0. The summed E-state index contributed by atoms with van der Waals surface area (Å²) in [6.45, 7) is 1.96. The SMILES string of the molecule is Cc1ccc(O)c(C2=NN(c3ccccc3)C(=O)CC2)c1. The zero-order chi connectivity index (χ0) is 14.8. The fraction of sp³-hybridized carbons (Fsp3) is 0.176. The molecule has 1 aliphatic rings. The normalized spacial score (nSPS) is 15.0. The van der Waals surface area contributed by atoms with Crippen molar-refractivity contribution < 1.29 is 9.90 Å². The minimum Gasteiger partial charge on any atom is -0.507 e. The highest BCUT2D eigenvalue weighted by molar-refractivity contribution is 6.10. The van der Waals surface area contributed by atoms with Gasteiger partial charge in [0.2, 0.25) is 5.91 Å². The number of nitrogens with zero attached hydrogens (tertiary/aromatic N) is 2. The van der Waals surface area contributed by atoms with Crippen molar-refractivity contribution in [2.75, 3.05) is 5.01 Å². The molecule has 0 radical (unpaired) electrons. The van der Waals surface area contributed by atoms with E-state index in [2.05, 4.69) is 5.10 Å². The summed E-state index contributed by atoms with van der Waals surface area (Å²) in [6, 6.07) is 14.7. The Kier molecular flexibility index (Phi) is 3.44. The third-order valence-corrected chi connectivity index (χ3v) is 3.50. The van der Waals surface area contributed by atoms with Gasteiger partial charge in [0.1, 0.15) is 5.75 Å². The third-order valence-electron chi connectivity index (χ3n) is 3.50. The predicted molar refractivity (Wildman–Crippen MR) is 82.5 cm³/mol. The molecule has 2 aromatic carbocycles. The lowest BCUT2D eigenvalue weighted by Crippen LogP contribution is -2.31. The summed E-state index contributed by atoms with van der Waals surface area (Å²) in [6.07, 6.45) is 0.931. The number of hydrogen-bond donors (Lipinski definition) is 1. The highest BCUT2D eigenvalue weighted by atomic mass is 16.3. The molecule has 21 heavy (non-hydrogen) atoms. The van der Waals surface area contributed by atoms with Crippen LogP contribution in [-0.4, -0.2) is 16.7 Å². The highest BCUT2D eigenvalue weighted by Crippen LogP contribution is 2.26. The minimum atomic E-state index is -0.0305. The molecular formula is C17H16N2O2. The second-order valence-electron chi connectivity index (χ2n) is 5.11. The monoisotopic (exact) mass is 280 g/mol. The number of hydrazone groups is 1. The number of benzene rings is 2. The van der Waals surface area contributed by atoms with Gasteiger partial charge >= 0.3 is 0 Å². The van der Waals surface area contributed by atoms with Crippen molar-refractivity contribution in [1.29, 1.82) is 0 Å². The Labute approximate surface area is 123 Å². The standard InChI is InChI=1S/C17H16N2O2/c1-12-7-9-16(20)14(11-12)15-8-10-17(21)19(18-15)13-5-3-2-4-6-13/h2-7,9,11,20H,8,10H2,1H3. The number of carbonyl (C=O) groups is 1. The van der Waals surface area contributed by atoms with Crippen LogP contribution in [0.3, 0.4) is 0 Å². The van der Waals surface area contributed by atoms with E-state index < -0.39 is 0 Å². The van der Waals surface area contributed by atoms with E-state index in [0.29, 0.717) is 18.4 Å². The van der Waals surface area contributed by atoms with Crippen LogP contribution >= 0.6 is 0 Å². The van der Waals surface area contributed by atoms with Crippen molar-refractivity contribution in [3.05, 3.63) is 59.7 Å². The number of carbonyl (C=O) groups excluding carboxylic acids is 1. The average Bonchev–Trinajstić information content (AvgIpc) is 2.51. The molecule has 4 heteroatoms. The molecule has 0 spiro atoms. The summed E-state index contributed by atoms with van der Waals surface area (Å²) in [5, 5.41) is 15.9. The van der Waals surface area contributed by atoms with Crippen molar-refractivity contribution >= 4 is 17.3 Å². The molecule has 1 N–H and O–H groups in total. The van der Waals surface area contributed by atoms with Gasteiger partial charge < -0.3 is 5.11 Å². The van der Waals surface area contributed by atoms with Crippen molar-refractivity contribution in [3.63, 3.8) is 0 Å². The van der Waals surface area contributed by atoms with E-state index in [1.54, 1.807) is 6.07 Å². The zero-order valence-electron chi connectivity index (χ0n) is 11.8. The maximum atomic E-state index is 12.1. The van der Waals surface area contributed by atoms with Gasteiger partial charge in [-0.15, -0.1) is 0 Å². The summed E-state index contributed by atoms with van der Waals surface area (Å²) in [5.41, 5.74) is 3.23. The number of rotatable bonds is 2. The van der Waals surface area contributed by atoms with Crippen molar-refractivity contribution in [3.8, 4) is 5.75 Å². The van der Waals surface area contributed by atoms with Gasteiger partial charge in [-0.3, -0.25) is 4.79 Å². The van der Waals surface area contributed by atoms with E-state index in [0.717, 1.165) is 17.0 Å². The largest absolute Gasteiger partial charge is 0.507 e. The number of para-hydroxylation sites is 1. The van der Waals surface area contributed by atoms with E-state index in [9.17, 15) is 9.90 Å². The Balaban J connectivity index is 2.03. The molecule has 0 atom stereocenters. The number of phenols is 1. The Bertz CT molecular complexity index is 708. The van der Waals surface area contributed by atoms with Crippen LogP contribution in [0, 0.1) is 6.92 Å². The maximum absolute atomic E-state index is 12.1. The van der Waals surface area contributed by atoms with Gasteiger partial charge in [-0.2, -0.15) is 5.10 Å². The van der Waals surface area contributed by atoms with Gasteiger partial charge in [-0.05, 0) is 31.2 Å². The van der Waals surface area contributed by atoms with Crippen molar-refractivity contribution in [1.82, 2.24) is 0 Å². The summed E-state index contributed by atoms with van der Waals surface area (Å²) < 4.78 is 0. The lowest BCUT2D eigenvalue weighted by Gasteiger charge is -2.24. The number of phenolic OH excluding ortho intramolecular Hbond substituents is 1. The molecule has 4 nitrogen and oxygen atoms in total. The second kappa shape index (κ2) is 5.40. The van der Waals surface area contributed by atoms with Crippen LogP contribution in [0.25, 0.3) is 0 Å². The van der Waals surface area contributed by atoms with E-state index in [4.69, 9.17) is 0 Å². The van der Waals surface area contributed by atoms with Crippen LogP contribution in [-0.2, 0) is 4.79 Å². The number of anilines is 1. The quantitative estimate of drug-likeness (QED) is 0.918. The topological polar surface area (TPSA) is 52.9 Å². The molecule has 0 saturated heterocycles. The molecule has 0 aromatic heterocycles. The van der Waals surface area contributed by atoms with Crippen LogP contribution in [0.5, 0.6) is 5.75 Å². The predicted octanol–water partition coefficient (Wildman–Crippen LogP) is 3.23. The Morgan fingerprint density at radius 3 is 2.62 bits per heavy atom. The zero-order valence-corrected chi connectivity index (χ0v) is 11.8. The van der Waals surface area contributed by atoms with Gasteiger partial charge in [0, 0.05) is 18.4 Å². The van der Waals surface area contributed by atoms with Crippen LogP contribution in [0.1, 0.15) is 24.0 Å². The molecule has 2 aromatic rings. The highest BCUT2D eigenvalue weighted by Gasteiger charge is 2.23. The Morgan fingerprint density at radius 1 is 1.10 bits per heavy atom. The number of aryl methyl sites for hydroxylation is 1. The van der Waals surface area contributed by atoms with E-state index in [1.165, 1.54) is 5.01 Å². The molecule has 0 bridgehead atoms. The first-order valence-corrected chi connectivity index (χ1v) is 6.90. The first-order chi connectivity index (χ1) is 10.1. The maximum Gasteiger partial charge on any atom is 0.247 e. The fourth-order valence-electron chi connectivity index (χ4n) is 2.40. The Hall–Kier alpha value is -2.62.